The van der Waals surface area contributed by atoms with E-state index in [1.54, 1.807) is 25.9 Å². The molecule has 3 amide bonds. The SMILES string of the molecule is Cc1oc(C2CCN(C(=O)Nc3ccc(F)cc3)CC2)nc1C(=O)N(C)C. The zero-order valence-corrected chi connectivity index (χ0v) is 15.7. The van der Waals surface area contributed by atoms with Gasteiger partial charge < -0.3 is 19.5 Å². The molecule has 7 nitrogen and oxygen atoms in total. The number of halogens is 1. The lowest BCUT2D eigenvalue weighted by molar-refractivity contribution is 0.0821. The summed E-state index contributed by atoms with van der Waals surface area (Å²) in [6, 6.07) is 5.45. The summed E-state index contributed by atoms with van der Waals surface area (Å²) in [6.07, 6.45) is 1.40. The van der Waals surface area contributed by atoms with E-state index in [0.717, 1.165) is 0 Å². The number of hydrogen-bond donors (Lipinski definition) is 1. The average molecular weight is 374 g/mol. The number of hydrogen-bond acceptors (Lipinski definition) is 4. The van der Waals surface area contributed by atoms with Crippen molar-refractivity contribution in [1.82, 2.24) is 14.8 Å². The van der Waals surface area contributed by atoms with E-state index in [1.807, 2.05) is 0 Å². The molecule has 144 valence electrons. The van der Waals surface area contributed by atoms with Crippen LogP contribution in [0.25, 0.3) is 0 Å². The molecule has 0 bridgehead atoms. The van der Waals surface area contributed by atoms with Crippen molar-refractivity contribution < 1.29 is 18.4 Å². The summed E-state index contributed by atoms with van der Waals surface area (Å²) in [4.78, 5) is 32.0. The highest BCUT2D eigenvalue weighted by molar-refractivity contribution is 5.92. The van der Waals surface area contributed by atoms with E-state index in [9.17, 15) is 14.0 Å². The van der Waals surface area contributed by atoms with Gasteiger partial charge in [-0.3, -0.25) is 4.79 Å². The molecule has 2 heterocycles. The minimum Gasteiger partial charge on any atom is -0.445 e. The van der Waals surface area contributed by atoms with Crippen molar-refractivity contribution in [1.29, 1.82) is 0 Å². The summed E-state index contributed by atoms with van der Waals surface area (Å²) >= 11 is 0. The fourth-order valence-electron chi connectivity index (χ4n) is 3.07. The van der Waals surface area contributed by atoms with Gasteiger partial charge in [0.15, 0.2) is 11.6 Å². The first kappa shape index (κ1) is 18.9. The lowest BCUT2D eigenvalue weighted by atomic mass is 9.97. The molecule has 1 aromatic carbocycles. The largest absolute Gasteiger partial charge is 0.445 e. The van der Waals surface area contributed by atoms with Gasteiger partial charge in [0.2, 0.25) is 0 Å². The Hall–Kier alpha value is -2.90. The lowest BCUT2D eigenvalue weighted by Gasteiger charge is -2.30. The molecular weight excluding hydrogens is 351 g/mol. The number of carbonyl (C=O) groups is 2. The van der Waals surface area contributed by atoms with E-state index in [2.05, 4.69) is 10.3 Å². The van der Waals surface area contributed by atoms with Crippen LogP contribution in [-0.2, 0) is 0 Å². The summed E-state index contributed by atoms with van der Waals surface area (Å²) in [5.74, 6) is 0.611. The number of anilines is 1. The molecule has 0 spiro atoms. The van der Waals surface area contributed by atoms with Crippen LogP contribution in [0.5, 0.6) is 0 Å². The van der Waals surface area contributed by atoms with Crippen LogP contribution in [0.1, 0.15) is 40.9 Å². The van der Waals surface area contributed by atoms with Gasteiger partial charge in [-0.25, -0.2) is 14.2 Å². The number of benzene rings is 1. The third-order valence-corrected chi connectivity index (χ3v) is 4.65. The van der Waals surface area contributed by atoms with Gasteiger partial charge in [0.05, 0.1) is 0 Å². The van der Waals surface area contributed by atoms with Crippen molar-refractivity contribution in [3.05, 3.63) is 47.4 Å². The molecule has 2 aromatic rings. The Balaban J connectivity index is 1.58. The second-order valence-electron chi connectivity index (χ2n) is 6.85. The molecule has 0 aliphatic carbocycles. The van der Waals surface area contributed by atoms with Gasteiger partial charge in [-0.2, -0.15) is 0 Å². The molecule has 1 N–H and O–H groups in total. The molecule has 1 fully saturated rings. The number of likely N-dealkylation sites (tertiary alicyclic amines) is 1. The van der Waals surface area contributed by atoms with Crippen LogP contribution < -0.4 is 5.32 Å². The highest BCUT2D eigenvalue weighted by Crippen LogP contribution is 2.29. The minimum atomic E-state index is -0.345. The number of nitrogens with one attached hydrogen (secondary N) is 1. The van der Waals surface area contributed by atoms with Gasteiger partial charge in [-0.05, 0) is 44.0 Å². The molecule has 0 radical (unpaired) electrons. The minimum absolute atomic E-state index is 0.0716. The molecule has 1 aliphatic heterocycles. The van der Waals surface area contributed by atoms with Crippen LogP contribution in [0.2, 0.25) is 0 Å². The number of aryl methyl sites for hydroxylation is 1. The Morgan fingerprint density at radius 2 is 1.85 bits per heavy atom. The molecule has 27 heavy (non-hydrogen) atoms. The highest BCUT2D eigenvalue weighted by atomic mass is 19.1. The Bertz CT molecular complexity index is 824. The van der Waals surface area contributed by atoms with Gasteiger partial charge in [0.1, 0.15) is 11.6 Å². The maximum atomic E-state index is 12.9. The predicted octanol–water partition coefficient (Wildman–Crippen LogP) is 3.24. The molecule has 0 unspecified atom stereocenters. The maximum Gasteiger partial charge on any atom is 0.321 e. The van der Waals surface area contributed by atoms with E-state index in [0.29, 0.717) is 49.0 Å². The number of nitrogens with zero attached hydrogens (tertiary/aromatic N) is 3. The second kappa shape index (κ2) is 7.77. The topological polar surface area (TPSA) is 78.7 Å². The van der Waals surface area contributed by atoms with Gasteiger partial charge in [0.25, 0.3) is 5.91 Å². The van der Waals surface area contributed by atoms with E-state index >= 15 is 0 Å². The van der Waals surface area contributed by atoms with Crippen LogP contribution >= 0.6 is 0 Å². The summed E-state index contributed by atoms with van der Waals surface area (Å²) in [5, 5.41) is 2.77. The zero-order valence-electron chi connectivity index (χ0n) is 15.7. The first-order valence-corrected chi connectivity index (χ1v) is 8.85. The number of rotatable bonds is 3. The Kier molecular flexibility index (Phi) is 5.43. The summed E-state index contributed by atoms with van der Waals surface area (Å²) in [7, 11) is 3.35. The number of piperidine rings is 1. The molecule has 0 saturated carbocycles. The van der Waals surface area contributed by atoms with Crippen molar-refractivity contribution in [2.24, 2.45) is 0 Å². The predicted molar refractivity (Wildman–Crippen MR) is 98.2 cm³/mol. The quantitative estimate of drug-likeness (QED) is 0.895. The first-order chi connectivity index (χ1) is 12.8. The van der Waals surface area contributed by atoms with E-state index < -0.39 is 0 Å². The van der Waals surface area contributed by atoms with E-state index in [1.165, 1.54) is 29.2 Å². The number of amides is 3. The molecule has 1 aliphatic rings. The van der Waals surface area contributed by atoms with Crippen LogP contribution in [0, 0.1) is 12.7 Å². The fourth-order valence-corrected chi connectivity index (χ4v) is 3.07. The molecule has 1 saturated heterocycles. The van der Waals surface area contributed by atoms with Crippen LogP contribution in [0.3, 0.4) is 0 Å². The number of urea groups is 1. The zero-order chi connectivity index (χ0) is 19.6. The van der Waals surface area contributed by atoms with Crippen LogP contribution in [0.15, 0.2) is 28.7 Å². The van der Waals surface area contributed by atoms with Gasteiger partial charge in [-0.15, -0.1) is 0 Å². The van der Waals surface area contributed by atoms with Crippen molar-refractivity contribution >= 4 is 17.6 Å². The molecule has 8 heteroatoms. The summed E-state index contributed by atoms with van der Waals surface area (Å²) < 4.78 is 18.7. The Morgan fingerprint density at radius 3 is 2.44 bits per heavy atom. The maximum absolute atomic E-state index is 12.9. The van der Waals surface area contributed by atoms with Gasteiger partial charge in [-0.1, -0.05) is 0 Å². The lowest BCUT2D eigenvalue weighted by Crippen LogP contribution is -2.40. The summed E-state index contributed by atoms with van der Waals surface area (Å²) in [6.45, 7) is 2.84. The highest BCUT2D eigenvalue weighted by Gasteiger charge is 2.29. The average Bonchev–Trinajstić information content (AvgIpc) is 3.04. The van der Waals surface area contributed by atoms with E-state index in [4.69, 9.17) is 4.42 Å². The third-order valence-electron chi connectivity index (χ3n) is 4.65. The van der Waals surface area contributed by atoms with Crippen molar-refractivity contribution in [2.45, 2.75) is 25.7 Å². The summed E-state index contributed by atoms with van der Waals surface area (Å²) in [5.41, 5.74) is 0.894. The van der Waals surface area contributed by atoms with Crippen molar-refractivity contribution in [3.63, 3.8) is 0 Å². The third kappa shape index (κ3) is 4.27. The van der Waals surface area contributed by atoms with Gasteiger partial charge in [0, 0.05) is 38.8 Å². The van der Waals surface area contributed by atoms with E-state index in [-0.39, 0.29) is 23.7 Å². The number of carbonyl (C=O) groups excluding carboxylic acids is 2. The van der Waals surface area contributed by atoms with Crippen molar-refractivity contribution in [3.8, 4) is 0 Å². The van der Waals surface area contributed by atoms with Crippen LogP contribution in [0.4, 0.5) is 14.9 Å². The molecule has 3 rings (SSSR count). The normalized spacial score (nSPS) is 14.9. The smallest absolute Gasteiger partial charge is 0.321 e. The Labute approximate surface area is 157 Å². The number of aromatic nitrogens is 1. The van der Waals surface area contributed by atoms with Gasteiger partial charge >= 0.3 is 6.03 Å². The number of oxazole rings is 1. The fraction of sp³-hybridized carbons (Fsp3) is 0.421. The first-order valence-electron chi connectivity index (χ1n) is 8.85. The molecule has 1 aromatic heterocycles. The molecule has 0 atom stereocenters. The second-order valence-corrected chi connectivity index (χ2v) is 6.85. The van der Waals surface area contributed by atoms with Crippen molar-refractivity contribution in [2.75, 3.05) is 32.5 Å². The Morgan fingerprint density at radius 1 is 1.22 bits per heavy atom. The monoisotopic (exact) mass is 374 g/mol. The molecular formula is C19H23FN4O3. The standard InChI is InChI=1S/C19H23FN4O3/c1-12-16(18(25)23(2)3)22-17(27-12)13-8-10-24(11-9-13)19(26)21-15-6-4-14(20)5-7-15/h4-7,13H,8-11H2,1-3H3,(H,21,26). The van der Waals surface area contributed by atoms with Crippen LogP contribution in [-0.4, -0.2) is 53.9 Å².